The van der Waals surface area contributed by atoms with Crippen molar-refractivity contribution in [1.29, 1.82) is 0 Å². The lowest BCUT2D eigenvalue weighted by atomic mass is 10.1. The molecule has 1 atom stereocenters. The van der Waals surface area contributed by atoms with Gasteiger partial charge < -0.3 is 19.7 Å². The fourth-order valence-corrected chi connectivity index (χ4v) is 4.12. The molecule has 8 heteroatoms. The molecule has 0 radical (unpaired) electrons. The van der Waals surface area contributed by atoms with E-state index in [-0.39, 0.29) is 6.10 Å². The van der Waals surface area contributed by atoms with Gasteiger partial charge in [-0.25, -0.2) is 9.97 Å². The highest BCUT2D eigenvalue weighted by Crippen LogP contribution is 2.28. The van der Waals surface area contributed by atoms with Crippen LogP contribution in [0.5, 0.6) is 0 Å². The Balaban J connectivity index is 1.34. The molecule has 0 amide bonds. The highest BCUT2D eigenvalue weighted by Gasteiger charge is 2.20. The molecule has 1 saturated heterocycles. The van der Waals surface area contributed by atoms with Crippen LogP contribution in [0.2, 0.25) is 0 Å². The molecule has 0 aliphatic carbocycles. The number of hydrogen-bond acceptors (Lipinski definition) is 6. The number of H-pyrrole nitrogens is 1. The van der Waals surface area contributed by atoms with Crippen LogP contribution in [0.15, 0.2) is 67.3 Å². The summed E-state index contributed by atoms with van der Waals surface area (Å²) in [6.45, 7) is 1.57. The molecule has 154 valence electrons. The highest BCUT2D eigenvalue weighted by molar-refractivity contribution is 5.84. The zero-order valence-corrected chi connectivity index (χ0v) is 16.7. The van der Waals surface area contributed by atoms with Gasteiger partial charge >= 0.3 is 0 Å². The molecule has 1 fully saturated rings. The molecule has 8 nitrogen and oxygen atoms in total. The number of aromatic amines is 1. The van der Waals surface area contributed by atoms with E-state index in [0.29, 0.717) is 12.4 Å². The Morgan fingerprint density at radius 3 is 2.87 bits per heavy atom. The first-order valence-electron chi connectivity index (χ1n) is 10.3. The molecule has 2 aromatic carbocycles. The van der Waals surface area contributed by atoms with Crippen molar-refractivity contribution in [2.75, 3.05) is 23.3 Å². The number of imidazole rings is 1. The van der Waals surface area contributed by atoms with E-state index in [2.05, 4.69) is 43.6 Å². The van der Waals surface area contributed by atoms with Gasteiger partial charge in [-0.3, -0.25) is 5.10 Å². The maximum atomic E-state index is 9.78. The van der Waals surface area contributed by atoms with Crippen LogP contribution in [-0.2, 0) is 0 Å². The quantitative estimate of drug-likeness (QED) is 0.418. The van der Waals surface area contributed by atoms with Gasteiger partial charge in [0, 0.05) is 54.0 Å². The lowest BCUT2D eigenvalue weighted by Crippen LogP contribution is -2.20. The highest BCUT2D eigenvalue weighted by atomic mass is 16.3. The van der Waals surface area contributed by atoms with E-state index < -0.39 is 0 Å². The van der Waals surface area contributed by atoms with E-state index in [1.54, 1.807) is 6.20 Å². The van der Waals surface area contributed by atoms with Crippen molar-refractivity contribution < 1.29 is 5.11 Å². The predicted octanol–water partition coefficient (Wildman–Crippen LogP) is 3.59. The number of fused-ring (bicyclic) bond motifs is 2. The Kier molecular flexibility index (Phi) is 4.10. The third-order valence-corrected chi connectivity index (χ3v) is 5.77. The Morgan fingerprint density at radius 1 is 1.13 bits per heavy atom. The van der Waals surface area contributed by atoms with Gasteiger partial charge in [-0.05, 0) is 36.8 Å². The molecule has 1 aliphatic rings. The maximum absolute atomic E-state index is 9.78. The summed E-state index contributed by atoms with van der Waals surface area (Å²) in [5.74, 6) is 0.691. The maximum Gasteiger partial charge on any atom is 0.180 e. The average molecular weight is 411 g/mol. The minimum Gasteiger partial charge on any atom is -0.391 e. The first-order valence-corrected chi connectivity index (χ1v) is 10.3. The van der Waals surface area contributed by atoms with Gasteiger partial charge in [0.1, 0.15) is 0 Å². The predicted molar refractivity (Wildman–Crippen MR) is 121 cm³/mol. The SMILES string of the molecule is O[C@H]1CCN(c2ccc(Nc3nc(-c4ccc5cn[nH]c5c4)cn4ccnc34)cc2)C1. The van der Waals surface area contributed by atoms with Crippen molar-refractivity contribution in [2.45, 2.75) is 12.5 Å². The first-order chi connectivity index (χ1) is 15.2. The number of β-amino-alcohol motifs (C(OH)–C–C–N with tert-alkyl or cyclic N) is 1. The molecule has 3 N–H and O–H groups in total. The van der Waals surface area contributed by atoms with Gasteiger partial charge in [0.2, 0.25) is 0 Å². The standard InChI is InChI=1S/C23H21N7O/c31-19-7-9-29(13-19)18-5-3-17(4-6-18)26-22-23-24-8-10-30(23)14-21(27-22)15-1-2-16-12-25-28-20(16)11-15/h1-6,8,10-12,14,19,31H,7,9,13H2,(H,25,28)(H,26,27)/t19-/m0/s1. The number of benzene rings is 2. The number of hydrogen-bond donors (Lipinski definition) is 3. The smallest absolute Gasteiger partial charge is 0.180 e. The number of aromatic nitrogens is 5. The topological polar surface area (TPSA) is 94.4 Å². The molecule has 0 unspecified atom stereocenters. The van der Waals surface area contributed by atoms with Crippen LogP contribution in [0.25, 0.3) is 27.8 Å². The third kappa shape index (κ3) is 3.27. The van der Waals surface area contributed by atoms with Crippen molar-refractivity contribution in [3.05, 3.63) is 67.3 Å². The van der Waals surface area contributed by atoms with E-state index in [1.807, 2.05) is 47.3 Å². The van der Waals surface area contributed by atoms with Crippen LogP contribution >= 0.6 is 0 Å². The molecule has 31 heavy (non-hydrogen) atoms. The second-order valence-corrected chi connectivity index (χ2v) is 7.87. The Hall–Kier alpha value is -3.91. The Bertz CT molecular complexity index is 1370. The van der Waals surface area contributed by atoms with Crippen molar-refractivity contribution >= 4 is 33.7 Å². The van der Waals surface area contributed by atoms with Crippen LogP contribution in [0.3, 0.4) is 0 Å². The minimum atomic E-state index is -0.237. The summed E-state index contributed by atoms with van der Waals surface area (Å²) in [4.78, 5) is 11.5. The average Bonchev–Trinajstić information content (AvgIpc) is 3.54. The fourth-order valence-electron chi connectivity index (χ4n) is 4.12. The lowest BCUT2D eigenvalue weighted by molar-refractivity contribution is 0.198. The van der Waals surface area contributed by atoms with Gasteiger partial charge in [-0.1, -0.05) is 12.1 Å². The number of aliphatic hydroxyl groups is 1. The molecule has 1 aliphatic heterocycles. The van der Waals surface area contributed by atoms with E-state index >= 15 is 0 Å². The molecule has 5 aromatic rings. The molecular weight excluding hydrogens is 390 g/mol. The molecule has 0 bridgehead atoms. The summed E-state index contributed by atoms with van der Waals surface area (Å²) < 4.78 is 1.97. The monoisotopic (exact) mass is 411 g/mol. The molecular formula is C23H21N7O. The number of aliphatic hydroxyl groups excluding tert-OH is 1. The summed E-state index contributed by atoms with van der Waals surface area (Å²) in [7, 11) is 0. The fraction of sp³-hybridized carbons (Fsp3) is 0.174. The number of rotatable bonds is 4. The van der Waals surface area contributed by atoms with Gasteiger partial charge in [-0.15, -0.1) is 0 Å². The van der Waals surface area contributed by atoms with E-state index in [1.165, 1.54) is 0 Å². The summed E-state index contributed by atoms with van der Waals surface area (Å²) in [5.41, 5.74) is 5.62. The van der Waals surface area contributed by atoms with Gasteiger partial charge in [0.15, 0.2) is 11.5 Å². The molecule has 3 aromatic heterocycles. The van der Waals surface area contributed by atoms with E-state index in [4.69, 9.17) is 4.98 Å². The van der Waals surface area contributed by atoms with Crippen molar-refractivity contribution in [1.82, 2.24) is 24.6 Å². The number of anilines is 3. The number of nitrogens with zero attached hydrogens (tertiary/aromatic N) is 5. The largest absolute Gasteiger partial charge is 0.391 e. The summed E-state index contributed by atoms with van der Waals surface area (Å²) in [6.07, 6.45) is 8.06. The van der Waals surface area contributed by atoms with Crippen LogP contribution in [-0.4, -0.2) is 48.9 Å². The summed E-state index contributed by atoms with van der Waals surface area (Å²) >= 11 is 0. The first kappa shape index (κ1) is 17.9. The van der Waals surface area contributed by atoms with Gasteiger partial charge in [-0.2, -0.15) is 5.10 Å². The van der Waals surface area contributed by atoms with Crippen molar-refractivity contribution in [3.63, 3.8) is 0 Å². The van der Waals surface area contributed by atoms with Crippen molar-refractivity contribution in [2.24, 2.45) is 0 Å². The molecule has 0 saturated carbocycles. The van der Waals surface area contributed by atoms with Crippen LogP contribution in [0.1, 0.15) is 6.42 Å². The second-order valence-electron chi connectivity index (χ2n) is 7.87. The molecule has 6 rings (SSSR count). The zero-order chi connectivity index (χ0) is 20.8. The summed E-state index contributed by atoms with van der Waals surface area (Å²) in [6, 6.07) is 14.3. The van der Waals surface area contributed by atoms with Crippen molar-refractivity contribution in [3.8, 4) is 11.3 Å². The second kappa shape index (κ2) is 7.10. The Morgan fingerprint density at radius 2 is 2.03 bits per heavy atom. The summed E-state index contributed by atoms with van der Waals surface area (Å²) in [5, 5.41) is 21.4. The molecule has 4 heterocycles. The third-order valence-electron chi connectivity index (χ3n) is 5.77. The zero-order valence-electron chi connectivity index (χ0n) is 16.7. The van der Waals surface area contributed by atoms with Crippen LogP contribution < -0.4 is 10.2 Å². The lowest BCUT2D eigenvalue weighted by Gasteiger charge is -2.18. The van der Waals surface area contributed by atoms with E-state index in [0.717, 1.165) is 52.1 Å². The van der Waals surface area contributed by atoms with Gasteiger partial charge in [0.25, 0.3) is 0 Å². The van der Waals surface area contributed by atoms with Crippen LogP contribution in [0, 0.1) is 0 Å². The Labute approximate surface area is 178 Å². The van der Waals surface area contributed by atoms with Crippen LogP contribution in [0.4, 0.5) is 17.2 Å². The molecule has 0 spiro atoms. The minimum absolute atomic E-state index is 0.237. The van der Waals surface area contributed by atoms with E-state index in [9.17, 15) is 5.11 Å². The van der Waals surface area contributed by atoms with Gasteiger partial charge in [0.05, 0.1) is 23.5 Å². The normalized spacial score (nSPS) is 16.4. The number of nitrogens with one attached hydrogen (secondary N) is 2.